The van der Waals surface area contributed by atoms with Crippen LogP contribution in [0.25, 0.3) is 0 Å². The molecule has 1 aromatic heterocycles. The van der Waals surface area contributed by atoms with E-state index in [2.05, 4.69) is 10.2 Å². The molecule has 20 heavy (non-hydrogen) atoms. The van der Waals surface area contributed by atoms with Gasteiger partial charge in [-0.2, -0.15) is 5.10 Å². The fourth-order valence-corrected chi connectivity index (χ4v) is 3.81. The zero-order valence-electron chi connectivity index (χ0n) is 11.5. The molecule has 0 radical (unpaired) electrons. The lowest BCUT2D eigenvalue weighted by molar-refractivity contribution is 0.0678. The zero-order valence-corrected chi connectivity index (χ0v) is 13.1. The van der Waals surface area contributed by atoms with E-state index in [0.717, 1.165) is 12.8 Å². The number of aromatic nitrogens is 2. The predicted octanol–water partition coefficient (Wildman–Crippen LogP) is 1.27. The Morgan fingerprint density at radius 2 is 2.25 bits per heavy atom. The molecule has 8 heteroatoms. The van der Waals surface area contributed by atoms with Gasteiger partial charge in [-0.25, -0.2) is 8.42 Å². The van der Waals surface area contributed by atoms with Crippen molar-refractivity contribution in [2.75, 3.05) is 25.1 Å². The Kier molecular flexibility index (Phi) is 4.39. The van der Waals surface area contributed by atoms with E-state index in [1.165, 1.54) is 6.26 Å². The third kappa shape index (κ3) is 3.52. The predicted molar refractivity (Wildman–Crippen MR) is 76.7 cm³/mol. The number of halogens is 1. The van der Waals surface area contributed by atoms with Gasteiger partial charge in [0.2, 0.25) is 0 Å². The van der Waals surface area contributed by atoms with E-state index >= 15 is 0 Å². The number of aryl methyl sites for hydroxylation is 1. The van der Waals surface area contributed by atoms with Gasteiger partial charge in [0.25, 0.3) is 5.91 Å². The first-order valence-corrected chi connectivity index (χ1v) is 8.89. The van der Waals surface area contributed by atoms with Crippen molar-refractivity contribution in [1.29, 1.82) is 0 Å². The first kappa shape index (κ1) is 15.3. The van der Waals surface area contributed by atoms with Gasteiger partial charge in [0.15, 0.2) is 5.69 Å². The van der Waals surface area contributed by atoms with E-state index in [1.54, 1.807) is 11.8 Å². The Bertz CT molecular complexity index is 611. The number of piperidine rings is 1. The number of hydrogen-bond donors (Lipinski definition) is 1. The van der Waals surface area contributed by atoms with Crippen LogP contribution in [0.3, 0.4) is 0 Å². The second-order valence-corrected chi connectivity index (χ2v) is 7.93. The molecule has 1 amide bonds. The normalized spacial score (nSPS) is 20.1. The summed E-state index contributed by atoms with van der Waals surface area (Å²) in [5.74, 6) is -0.136. The number of H-pyrrole nitrogens is 1. The van der Waals surface area contributed by atoms with Gasteiger partial charge in [-0.1, -0.05) is 11.6 Å². The highest BCUT2D eigenvalue weighted by molar-refractivity contribution is 7.90. The number of hydrogen-bond acceptors (Lipinski definition) is 4. The molecule has 0 spiro atoms. The Hall–Kier alpha value is -1.08. The SMILES string of the molecule is Cc1[nH]nc(C(=O)N2CCC[C@H](CS(C)(=O)=O)C2)c1Cl. The highest BCUT2D eigenvalue weighted by Gasteiger charge is 2.29. The van der Waals surface area contributed by atoms with Gasteiger partial charge in [-0.3, -0.25) is 9.89 Å². The molecule has 1 atom stereocenters. The summed E-state index contributed by atoms with van der Waals surface area (Å²) >= 11 is 6.03. The van der Waals surface area contributed by atoms with Crippen LogP contribution in [0.15, 0.2) is 0 Å². The molecule has 0 aliphatic carbocycles. The van der Waals surface area contributed by atoms with Crippen molar-refractivity contribution < 1.29 is 13.2 Å². The number of amides is 1. The van der Waals surface area contributed by atoms with Crippen LogP contribution in [0.2, 0.25) is 5.02 Å². The number of likely N-dealkylation sites (tertiary alicyclic amines) is 1. The summed E-state index contributed by atoms with van der Waals surface area (Å²) in [6, 6.07) is 0. The molecule has 0 bridgehead atoms. The van der Waals surface area contributed by atoms with Gasteiger partial charge in [-0.05, 0) is 25.7 Å². The first-order chi connectivity index (χ1) is 9.28. The molecular weight excluding hydrogens is 302 g/mol. The maximum atomic E-state index is 12.4. The molecule has 0 saturated carbocycles. The molecule has 0 aromatic carbocycles. The standard InChI is InChI=1S/C12H18ClN3O3S/c1-8-10(13)11(15-14-8)12(17)16-5-3-4-9(6-16)7-20(2,18)19/h9H,3-7H2,1-2H3,(H,14,15)/t9-/m0/s1. The Balaban J connectivity index is 2.09. The number of sulfone groups is 1. The van der Waals surface area contributed by atoms with Crippen molar-refractivity contribution >= 4 is 27.3 Å². The minimum Gasteiger partial charge on any atom is -0.337 e. The number of carbonyl (C=O) groups is 1. The van der Waals surface area contributed by atoms with Crippen LogP contribution in [0.5, 0.6) is 0 Å². The number of aromatic amines is 1. The lowest BCUT2D eigenvalue weighted by Gasteiger charge is -2.32. The van der Waals surface area contributed by atoms with Crippen LogP contribution < -0.4 is 0 Å². The molecule has 2 rings (SSSR count). The zero-order chi connectivity index (χ0) is 14.9. The quantitative estimate of drug-likeness (QED) is 0.909. The molecule has 6 nitrogen and oxygen atoms in total. The Morgan fingerprint density at radius 1 is 1.55 bits per heavy atom. The molecule has 1 saturated heterocycles. The molecule has 1 fully saturated rings. The first-order valence-electron chi connectivity index (χ1n) is 6.45. The summed E-state index contributed by atoms with van der Waals surface area (Å²) in [7, 11) is -3.03. The van der Waals surface area contributed by atoms with Crippen LogP contribution in [0.4, 0.5) is 0 Å². The highest BCUT2D eigenvalue weighted by Crippen LogP contribution is 2.23. The van der Waals surface area contributed by atoms with Gasteiger partial charge < -0.3 is 4.90 Å². The average molecular weight is 320 g/mol. The van der Waals surface area contributed by atoms with Crippen molar-refractivity contribution in [3.05, 3.63) is 16.4 Å². The second kappa shape index (κ2) is 5.73. The smallest absolute Gasteiger partial charge is 0.275 e. The van der Waals surface area contributed by atoms with Crippen LogP contribution >= 0.6 is 11.6 Å². The van der Waals surface area contributed by atoms with E-state index < -0.39 is 9.84 Å². The maximum absolute atomic E-state index is 12.4. The molecule has 1 aliphatic heterocycles. The second-order valence-electron chi connectivity index (χ2n) is 5.36. The fourth-order valence-electron chi connectivity index (χ4n) is 2.52. The third-order valence-electron chi connectivity index (χ3n) is 3.42. The minimum absolute atomic E-state index is 0.0125. The monoisotopic (exact) mass is 319 g/mol. The van der Waals surface area contributed by atoms with Gasteiger partial charge in [0.1, 0.15) is 9.84 Å². The van der Waals surface area contributed by atoms with E-state index in [0.29, 0.717) is 23.8 Å². The summed E-state index contributed by atoms with van der Waals surface area (Å²) in [5.41, 5.74) is 0.865. The fraction of sp³-hybridized carbons (Fsp3) is 0.667. The lowest BCUT2D eigenvalue weighted by Crippen LogP contribution is -2.42. The van der Waals surface area contributed by atoms with E-state index in [4.69, 9.17) is 11.6 Å². The number of nitrogens with one attached hydrogen (secondary N) is 1. The summed E-state index contributed by atoms with van der Waals surface area (Å²) in [6.45, 7) is 2.80. The molecule has 1 N–H and O–H groups in total. The van der Waals surface area contributed by atoms with Crippen LogP contribution in [0.1, 0.15) is 29.0 Å². The van der Waals surface area contributed by atoms with Crippen molar-refractivity contribution in [2.24, 2.45) is 5.92 Å². The maximum Gasteiger partial charge on any atom is 0.275 e. The van der Waals surface area contributed by atoms with Crippen molar-refractivity contribution in [2.45, 2.75) is 19.8 Å². The molecule has 2 heterocycles. The van der Waals surface area contributed by atoms with Crippen molar-refractivity contribution in [3.8, 4) is 0 Å². The topological polar surface area (TPSA) is 83.1 Å². The average Bonchev–Trinajstić information content (AvgIpc) is 2.67. The van der Waals surface area contributed by atoms with Crippen molar-refractivity contribution in [3.63, 3.8) is 0 Å². The number of carbonyl (C=O) groups excluding carboxylic acids is 1. The summed E-state index contributed by atoms with van der Waals surface area (Å²) in [4.78, 5) is 14.0. The largest absolute Gasteiger partial charge is 0.337 e. The van der Waals surface area contributed by atoms with Crippen LogP contribution in [0, 0.1) is 12.8 Å². The van der Waals surface area contributed by atoms with Crippen molar-refractivity contribution in [1.82, 2.24) is 15.1 Å². The number of nitrogens with zero attached hydrogens (tertiary/aromatic N) is 2. The summed E-state index contributed by atoms with van der Waals surface area (Å²) in [6.07, 6.45) is 2.85. The minimum atomic E-state index is -3.03. The molecular formula is C12H18ClN3O3S. The Morgan fingerprint density at radius 3 is 2.80 bits per heavy atom. The van der Waals surface area contributed by atoms with Gasteiger partial charge >= 0.3 is 0 Å². The Labute approximate surface area is 123 Å². The van der Waals surface area contributed by atoms with E-state index in [1.807, 2.05) is 0 Å². The molecule has 0 unspecified atom stereocenters. The summed E-state index contributed by atoms with van der Waals surface area (Å²) < 4.78 is 22.7. The van der Waals surface area contributed by atoms with Crippen LogP contribution in [-0.4, -0.2) is 54.5 Å². The van der Waals surface area contributed by atoms with Gasteiger partial charge in [-0.15, -0.1) is 0 Å². The lowest BCUT2D eigenvalue weighted by atomic mass is 10.00. The summed E-state index contributed by atoms with van der Waals surface area (Å²) in [5, 5.41) is 6.94. The molecule has 1 aromatic rings. The van der Waals surface area contributed by atoms with E-state index in [9.17, 15) is 13.2 Å². The highest BCUT2D eigenvalue weighted by atomic mass is 35.5. The van der Waals surface area contributed by atoms with Gasteiger partial charge in [0, 0.05) is 19.3 Å². The van der Waals surface area contributed by atoms with E-state index in [-0.39, 0.29) is 23.3 Å². The van der Waals surface area contributed by atoms with Crippen LogP contribution in [-0.2, 0) is 9.84 Å². The third-order valence-corrected chi connectivity index (χ3v) is 4.96. The molecule has 112 valence electrons. The number of rotatable bonds is 3. The molecule has 1 aliphatic rings. The van der Waals surface area contributed by atoms with Gasteiger partial charge in [0.05, 0.1) is 16.5 Å².